The normalized spacial score (nSPS) is 21.4. The third-order valence-electron chi connectivity index (χ3n) is 7.37. The number of carbonyl (C=O) groups is 3. The number of hydrogen-bond acceptors (Lipinski definition) is 6. The molecule has 2 N–H and O–H groups in total. The number of H-pyrrole nitrogens is 1. The van der Waals surface area contributed by atoms with Crippen molar-refractivity contribution in [1.82, 2.24) is 15.2 Å². The number of benzene rings is 2. The lowest BCUT2D eigenvalue weighted by molar-refractivity contribution is -0.126. The van der Waals surface area contributed by atoms with Crippen molar-refractivity contribution in [1.29, 1.82) is 5.26 Å². The Balaban J connectivity index is 1.38. The summed E-state index contributed by atoms with van der Waals surface area (Å²) < 4.78 is 36.4. The number of halogens is 2. The molecule has 1 saturated carbocycles. The first-order valence-corrected chi connectivity index (χ1v) is 13.1. The van der Waals surface area contributed by atoms with E-state index in [9.17, 15) is 28.4 Å². The fraction of sp³-hybridized carbons (Fsp3) is 0.379. The number of carbonyl (C=O) groups excluding carboxylic acids is 3. The van der Waals surface area contributed by atoms with Gasteiger partial charge >= 0.3 is 6.61 Å². The Morgan fingerprint density at radius 1 is 1.18 bits per heavy atom. The van der Waals surface area contributed by atoms with Gasteiger partial charge in [0, 0.05) is 29.7 Å². The number of nitrogens with one attached hydrogen (secondary N) is 2. The van der Waals surface area contributed by atoms with E-state index in [1.165, 1.54) is 23.1 Å². The number of ether oxygens (including phenoxy) is 2. The molecule has 1 saturated heterocycles. The number of nitriles is 1. The van der Waals surface area contributed by atoms with Gasteiger partial charge in [0.1, 0.15) is 41.2 Å². The van der Waals surface area contributed by atoms with E-state index in [0.29, 0.717) is 29.5 Å². The highest BCUT2D eigenvalue weighted by Gasteiger charge is 2.42. The summed E-state index contributed by atoms with van der Waals surface area (Å²) in [5, 5.41) is 12.7. The standard InChI is InChI=1S/C29H28F2N4O5/c30-29(31)40-26-11-5-9-22-21(26)14-23(34-22)28(38)35-16-20(39-19-7-2-1-3-8-19)13-24(35)27(37)33-18(15-32)12-17-6-4-10-25(17)36/h1-3,5,7-9,11,14,17-18,20,24,29,34H,4,6,10,12-13,16H2,(H,33,37)/t17-,18-,20-,24-/m0/s1. The molecule has 2 aliphatic rings. The third kappa shape index (κ3) is 5.91. The van der Waals surface area contributed by atoms with Crippen LogP contribution in [0.1, 0.15) is 42.6 Å². The summed E-state index contributed by atoms with van der Waals surface area (Å²) in [5.74, 6) is -0.730. The van der Waals surface area contributed by atoms with Gasteiger partial charge in [0.15, 0.2) is 0 Å². The zero-order valence-electron chi connectivity index (χ0n) is 21.5. The van der Waals surface area contributed by atoms with Gasteiger partial charge < -0.3 is 24.7 Å². The molecule has 5 rings (SSSR count). The number of alkyl halides is 2. The summed E-state index contributed by atoms with van der Waals surface area (Å²) in [6, 6.07) is 15.2. The van der Waals surface area contributed by atoms with E-state index < -0.39 is 36.6 Å². The molecule has 0 spiro atoms. The summed E-state index contributed by atoms with van der Waals surface area (Å²) in [5.41, 5.74) is 0.511. The molecule has 1 aliphatic carbocycles. The van der Waals surface area contributed by atoms with Crippen LogP contribution >= 0.6 is 0 Å². The van der Waals surface area contributed by atoms with Crippen LogP contribution in [0.25, 0.3) is 10.9 Å². The topological polar surface area (TPSA) is 125 Å². The molecule has 2 heterocycles. The van der Waals surface area contributed by atoms with Crippen molar-refractivity contribution in [3.63, 3.8) is 0 Å². The van der Waals surface area contributed by atoms with Gasteiger partial charge in [0.25, 0.3) is 5.91 Å². The Labute approximate surface area is 229 Å². The van der Waals surface area contributed by atoms with Crippen LogP contribution in [0.2, 0.25) is 0 Å². The van der Waals surface area contributed by atoms with E-state index in [4.69, 9.17) is 4.74 Å². The maximum absolute atomic E-state index is 13.7. The number of ketones is 1. The Bertz CT molecular complexity index is 1440. The van der Waals surface area contributed by atoms with Gasteiger partial charge in [-0.3, -0.25) is 14.4 Å². The van der Waals surface area contributed by atoms with Crippen LogP contribution in [0.15, 0.2) is 54.6 Å². The molecule has 11 heteroatoms. The predicted octanol–water partition coefficient (Wildman–Crippen LogP) is 4.20. The lowest BCUT2D eigenvalue weighted by atomic mass is 9.98. The number of likely N-dealkylation sites (tertiary alicyclic amines) is 1. The van der Waals surface area contributed by atoms with Crippen LogP contribution in [0, 0.1) is 17.2 Å². The molecular formula is C29H28F2N4O5. The fourth-order valence-corrected chi connectivity index (χ4v) is 5.48. The minimum Gasteiger partial charge on any atom is -0.488 e. The van der Waals surface area contributed by atoms with Crippen LogP contribution in [0.5, 0.6) is 11.5 Å². The van der Waals surface area contributed by atoms with Gasteiger partial charge in [-0.1, -0.05) is 24.3 Å². The lowest BCUT2D eigenvalue weighted by Crippen LogP contribution is -2.49. The van der Waals surface area contributed by atoms with Crippen molar-refractivity contribution in [2.45, 2.75) is 56.9 Å². The molecule has 2 amide bonds. The SMILES string of the molecule is N#C[C@H](C[C@@H]1CCCC1=O)NC(=O)[C@@H]1C[C@H](Oc2ccccc2)CN1C(=O)c1cc2c(OC(F)F)cccc2[nH]1. The molecule has 0 radical (unpaired) electrons. The van der Waals surface area contributed by atoms with E-state index in [2.05, 4.69) is 21.1 Å². The number of nitrogens with zero attached hydrogens (tertiary/aromatic N) is 2. The van der Waals surface area contributed by atoms with Crippen molar-refractivity contribution < 1.29 is 32.6 Å². The number of aromatic amines is 1. The van der Waals surface area contributed by atoms with Gasteiger partial charge in [-0.15, -0.1) is 0 Å². The molecule has 4 atom stereocenters. The van der Waals surface area contributed by atoms with Crippen LogP contribution < -0.4 is 14.8 Å². The summed E-state index contributed by atoms with van der Waals surface area (Å²) in [7, 11) is 0. The summed E-state index contributed by atoms with van der Waals surface area (Å²) in [6.45, 7) is -2.95. The highest BCUT2D eigenvalue weighted by Crippen LogP contribution is 2.31. The zero-order valence-corrected chi connectivity index (χ0v) is 21.5. The molecule has 0 bridgehead atoms. The number of amides is 2. The van der Waals surface area contributed by atoms with Crippen molar-refractivity contribution in [3.8, 4) is 17.6 Å². The van der Waals surface area contributed by atoms with E-state index in [1.807, 2.05) is 18.2 Å². The molecule has 2 fully saturated rings. The molecule has 208 valence electrons. The summed E-state index contributed by atoms with van der Waals surface area (Å²) >= 11 is 0. The van der Waals surface area contributed by atoms with Crippen molar-refractivity contribution >= 4 is 28.5 Å². The van der Waals surface area contributed by atoms with Crippen molar-refractivity contribution in [2.75, 3.05) is 6.54 Å². The second-order valence-electron chi connectivity index (χ2n) is 10.0. The maximum Gasteiger partial charge on any atom is 0.387 e. The Kier molecular flexibility index (Phi) is 7.96. The zero-order chi connectivity index (χ0) is 28.2. The number of fused-ring (bicyclic) bond motifs is 1. The average molecular weight is 551 g/mol. The molecule has 40 heavy (non-hydrogen) atoms. The first-order valence-electron chi connectivity index (χ1n) is 13.1. The van der Waals surface area contributed by atoms with Crippen molar-refractivity contribution in [2.24, 2.45) is 5.92 Å². The van der Waals surface area contributed by atoms with Crippen LogP contribution in [-0.4, -0.2) is 58.8 Å². The van der Waals surface area contributed by atoms with Gasteiger partial charge in [-0.25, -0.2) is 0 Å². The van der Waals surface area contributed by atoms with E-state index in [0.717, 1.165) is 6.42 Å². The maximum atomic E-state index is 13.7. The molecule has 9 nitrogen and oxygen atoms in total. The van der Waals surface area contributed by atoms with Gasteiger partial charge in [-0.05, 0) is 49.6 Å². The highest BCUT2D eigenvalue weighted by atomic mass is 19.3. The van der Waals surface area contributed by atoms with Crippen molar-refractivity contribution in [3.05, 3.63) is 60.3 Å². The van der Waals surface area contributed by atoms with E-state index in [-0.39, 0.29) is 42.5 Å². The average Bonchev–Trinajstić information content (AvgIpc) is 3.67. The number of Topliss-reactive ketones (excluding diaryl/α,β-unsaturated/α-hetero) is 1. The number of aromatic nitrogens is 1. The van der Waals surface area contributed by atoms with Gasteiger partial charge in [0.05, 0.1) is 12.6 Å². The first kappa shape index (κ1) is 27.1. The summed E-state index contributed by atoms with van der Waals surface area (Å²) in [6.07, 6.45) is 1.82. The number of para-hydroxylation sites is 1. The second kappa shape index (κ2) is 11.7. The van der Waals surface area contributed by atoms with Gasteiger partial charge in [-0.2, -0.15) is 14.0 Å². The lowest BCUT2D eigenvalue weighted by Gasteiger charge is -2.24. The number of hydrogen-bond donors (Lipinski definition) is 2. The Hall–Kier alpha value is -4.46. The minimum absolute atomic E-state index is 0.0814. The molecule has 0 unspecified atom stereocenters. The molecule has 3 aromatic rings. The largest absolute Gasteiger partial charge is 0.488 e. The molecule has 1 aliphatic heterocycles. The smallest absolute Gasteiger partial charge is 0.387 e. The Morgan fingerprint density at radius 2 is 1.98 bits per heavy atom. The van der Waals surface area contributed by atoms with Crippen LogP contribution in [0.3, 0.4) is 0 Å². The monoisotopic (exact) mass is 550 g/mol. The third-order valence-corrected chi connectivity index (χ3v) is 7.37. The first-order chi connectivity index (χ1) is 19.3. The highest BCUT2D eigenvalue weighted by molar-refractivity contribution is 6.01. The minimum atomic E-state index is -3.03. The van der Waals surface area contributed by atoms with Crippen LogP contribution in [-0.2, 0) is 9.59 Å². The quantitative estimate of drug-likeness (QED) is 0.412. The molecule has 1 aromatic heterocycles. The second-order valence-corrected chi connectivity index (χ2v) is 10.0. The number of rotatable bonds is 9. The van der Waals surface area contributed by atoms with Gasteiger partial charge in [0.2, 0.25) is 5.91 Å². The summed E-state index contributed by atoms with van der Waals surface area (Å²) in [4.78, 5) is 43.5. The molecule has 2 aromatic carbocycles. The predicted molar refractivity (Wildman–Crippen MR) is 140 cm³/mol. The van der Waals surface area contributed by atoms with E-state index >= 15 is 0 Å². The van der Waals surface area contributed by atoms with Crippen LogP contribution in [0.4, 0.5) is 8.78 Å². The fourth-order valence-electron chi connectivity index (χ4n) is 5.48. The van der Waals surface area contributed by atoms with E-state index in [1.54, 1.807) is 18.2 Å². The molecular weight excluding hydrogens is 522 g/mol. The Morgan fingerprint density at radius 3 is 2.67 bits per heavy atom.